The van der Waals surface area contributed by atoms with Gasteiger partial charge in [-0.05, 0) is 23.6 Å². The van der Waals surface area contributed by atoms with Gasteiger partial charge in [-0.3, -0.25) is 0 Å². The fourth-order valence-corrected chi connectivity index (χ4v) is 1.06. The molecule has 1 nitrogen and oxygen atoms in total. The molecule has 0 aliphatic heterocycles. The van der Waals surface area contributed by atoms with E-state index in [2.05, 4.69) is 19.6 Å². The fraction of sp³-hybridized carbons (Fsp3) is 0.273. The average Bonchev–Trinajstić information content (AvgIpc) is 2.17. The molecule has 1 aromatic carbocycles. The molecule has 1 atom stereocenters. The first-order valence-corrected chi connectivity index (χ1v) is 4.04. The summed E-state index contributed by atoms with van der Waals surface area (Å²) >= 11 is 0. The van der Waals surface area contributed by atoms with Gasteiger partial charge < -0.3 is 4.74 Å². The number of hydrogen-bond acceptors (Lipinski definition) is 1. The molecule has 1 rings (SSSR count). The van der Waals surface area contributed by atoms with Crippen molar-refractivity contribution in [2.45, 2.75) is 12.8 Å². The zero-order chi connectivity index (χ0) is 8.97. The number of ether oxygens (including phenoxy) is 1. The first kappa shape index (κ1) is 8.85. The van der Waals surface area contributed by atoms with Gasteiger partial charge in [0.1, 0.15) is 5.75 Å². The highest BCUT2D eigenvalue weighted by atomic mass is 16.5. The molecule has 0 bridgehead atoms. The summed E-state index contributed by atoms with van der Waals surface area (Å²) in [5.74, 6) is 1.29. The Morgan fingerprint density at radius 1 is 1.50 bits per heavy atom. The number of methoxy groups -OCH3 is 1. The van der Waals surface area contributed by atoms with E-state index in [1.54, 1.807) is 7.11 Å². The van der Waals surface area contributed by atoms with E-state index in [0.717, 1.165) is 5.75 Å². The Hall–Kier alpha value is -1.24. The van der Waals surface area contributed by atoms with E-state index in [4.69, 9.17) is 4.74 Å². The van der Waals surface area contributed by atoms with Crippen molar-refractivity contribution < 1.29 is 4.74 Å². The molecule has 0 aliphatic rings. The summed E-state index contributed by atoms with van der Waals surface area (Å²) in [5.41, 5.74) is 1.24. The van der Waals surface area contributed by atoms with Crippen LogP contribution in [0.2, 0.25) is 0 Å². The van der Waals surface area contributed by atoms with Crippen LogP contribution in [0, 0.1) is 0 Å². The molecule has 0 aliphatic carbocycles. The molecule has 64 valence electrons. The van der Waals surface area contributed by atoms with Crippen molar-refractivity contribution in [3.63, 3.8) is 0 Å². The molecule has 0 saturated carbocycles. The van der Waals surface area contributed by atoms with Crippen LogP contribution in [-0.4, -0.2) is 7.11 Å². The Bertz CT molecular complexity index is 265. The molecule has 0 heterocycles. The summed E-state index contributed by atoms with van der Waals surface area (Å²) in [6.45, 7) is 5.86. The van der Waals surface area contributed by atoms with Crippen LogP contribution in [0.3, 0.4) is 0 Å². The first-order chi connectivity index (χ1) is 5.77. The van der Waals surface area contributed by atoms with E-state index in [-0.39, 0.29) is 0 Å². The molecule has 1 heteroatoms. The maximum absolute atomic E-state index is 5.12. The third-order valence-corrected chi connectivity index (χ3v) is 1.97. The second-order valence-electron chi connectivity index (χ2n) is 2.80. The van der Waals surface area contributed by atoms with Gasteiger partial charge in [0.2, 0.25) is 0 Å². The quantitative estimate of drug-likeness (QED) is 0.621. The molecule has 0 amide bonds. The van der Waals surface area contributed by atoms with Crippen molar-refractivity contribution in [3.8, 4) is 5.75 Å². The maximum atomic E-state index is 5.12. The Labute approximate surface area is 73.7 Å². The van der Waals surface area contributed by atoms with Crippen molar-refractivity contribution in [3.05, 3.63) is 42.5 Å². The molecule has 0 saturated heterocycles. The summed E-state index contributed by atoms with van der Waals surface area (Å²) < 4.78 is 5.12. The highest BCUT2D eigenvalue weighted by molar-refractivity contribution is 5.31. The third kappa shape index (κ3) is 1.88. The Balaban J connectivity index is 2.93. The van der Waals surface area contributed by atoms with Gasteiger partial charge in [-0.15, -0.1) is 6.58 Å². The lowest BCUT2D eigenvalue weighted by Gasteiger charge is -2.07. The van der Waals surface area contributed by atoms with Gasteiger partial charge >= 0.3 is 0 Å². The van der Waals surface area contributed by atoms with Crippen LogP contribution in [0.5, 0.6) is 5.75 Å². The summed E-state index contributed by atoms with van der Waals surface area (Å²) in [6.07, 6.45) is 1.93. The van der Waals surface area contributed by atoms with E-state index in [0.29, 0.717) is 5.92 Å². The van der Waals surface area contributed by atoms with Crippen LogP contribution in [0.15, 0.2) is 36.9 Å². The van der Waals surface area contributed by atoms with E-state index in [9.17, 15) is 0 Å². The smallest absolute Gasteiger partial charge is 0.119 e. The van der Waals surface area contributed by atoms with Crippen LogP contribution in [0.1, 0.15) is 18.4 Å². The van der Waals surface area contributed by atoms with Gasteiger partial charge in [0.15, 0.2) is 0 Å². The average molecular weight is 162 g/mol. The van der Waals surface area contributed by atoms with Crippen LogP contribution in [-0.2, 0) is 0 Å². The van der Waals surface area contributed by atoms with E-state index in [1.165, 1.54) is 5.56 Å². The third-order valence-electron chi connectivity index (χ3n) is 1.97. The van der Waals surface area contributed by atoms with Gasteiger partial charge in [-0.25, -0.2) is 0 Å². The summed E-state index contributed by atoms with van der Waals surface area (Å²) in [5, 5.41) is 0. The molecule has 0 N–H and O–H groups in total. The Morgan fingerprint density at radius 2 is 2.25 bits per heavy atom. The van der Waals surface area contributed by atoms with Crippen molar-refractivity contribution in [2.75, 3.05) is 7.11 Å². The number of rotatable bonds is 3. The molecular formula is C11H14O. The highest BCUT2D eigenvalue weighted by Gasteiger charge is 2.00. The van der Waals surface area contributed by atoms with Gasteiger partial charge in [0.25, 0.3) is 0 Å². The minimum atomic E-state index is 0.389. The van der Waals surface area contributed by atoms with Gasteiger partial charge in [-0.1, -0.05) is 25.1 Å². The fourth-order valence-electron chi connectivity index (χ4n) is 1.06. The summed E-state index contributed by atoms with van der Waals surface area (Å²) in [4.78, 5) is 0. The largest absolute Gasteiger partial charge is 0.497 e. The zero-order valence-electron chi connectivity index (χ0n) is 7.58. The minimum absolute atomic E-state index is 0.389. The predicted molar refractivity (Wildman–Crippen MR) is 51.6 cm³/mol. The second kappa shape index (κ2) is 3.96. The van der Waals surface area contributed by atoms with Crippen molar-refractivity contribution in [2.24, 2.45) is 0 Å². The lowest BCUT2D eigenvalue weighted by atomic mass is 10.0. The Morgan fingerprint density at radius 3 is 2.83 bits per heavy atom. The van der Waals surface area contributed by atoms with E-state index >= 15 is 0 Å². The standard InChI is InChI=1S/C11H14O/c1-4-9(2)10-6-5-7-11(8-10)12-3/h4-9H,1H2,2-3H3/t9-/m0/s1. The molecule has 0 radical (unpaired) electrons. The maximum Gasteiger partial charge on any atom is 0.119 e. The topological polar surface area (TPSA) is 9.23 Å². The van der Waals surface area contributed by atoms with Crippen LogP contribution in [0.25, 0.3) is 0 Å². The molecular weight excluding hydrogens is 148 g/mol. The number of allylic oxidation sites excluding steroid dienone is 1. The SMILES string of the molecule is C=C[C@H](C)c1cccc(OC)c1. The minimum Gasteiger partial charge on any atom is -0.497 e. The van der Waals surface area contributed by atoms with Crippen molar-refractivity contribution >= 4 is 0 Å². The van der Waals surface area contributed by atoms with Crippen LogP contribution >= 0.6 is 0 Å². The monoisotopic (exact) mass is 162 g/mol. The zero-order valence-corrected chi connectivity index (χ0v) is 7.58. The van der Waals surface area contributed by atoms with Gasteiger partial charge in [0.05, 0.1) is 7.11 Å². The normalized spacial score (nSPS) is 12.2. The van der Waals surface area contributed by atoms with Crippen LogP contribution < -0.4 is 4.74 Å². The van der Waals surface area contributed by atoms with Crippen molar-refractivity contribution in [1.82, 2.24) is 0 Å². The summed E-state index contributed by atoms with van der Waals surface area (Å²) in [6, 6.07) is 8.05. The number of hydrogen-bond donors (Lipinski definition) is 0. The van der Waals surface area contributed by atoms with E-state index < -0.39 is 0 Å². The molecule has 1 aromatic rings. The molecule has 0 spiro atoms. The van der Waals surface area contributed by atoms with Gasteiger partial charge in [0, 0.05) is 0 Å². The molecule has 0 fully saturated rings. The van der Waals surface area contributed by atoms with Gasteiger partial charge in [-0.2, -0.15) is 0 Å². The lowest BCUT2D eigenvalue weighted by molar-refractivity contribution is 0.414. The molecule has 0 aromatic heterocycles. The van der Waals surface area contributed by atoms with Crippen molar-refractivity contribution in [1.29, 1.82) is 0 Å². The van der Waals surface area contributed by atoms with E-state index in [1.807, 2.05) is 24.3 Å². The lowest BCUT2D eigenvalue weighted by Crippen LogP contribution is -1.89. The predicted octanol–water partition coefficient (Wildman–Crippen LogP) is 2.98. The second-order valence-corrected chi connectivity index (χ2v) is 2.80. The number of benzene rings is 1. The first-order valence-electron chi connectivity index (χ1n) is 4.04. The summed E-state index contributed by atoms with van der Waals surface area (Å²) in [7, 11) is 1.68. The molecule has 12 heavy (non-hydrogen) atoms. The molecule has 0 unspecified atom stereocenters. The highest BCUT2D eigenvalue weighted by Crippen LogP contribution is 2.20. The van der Waals surface area contributed by atoms with Crippen LogP contribution in [0.4, 0.5) is 0 Å². The Kier molecular flexibility index (Phi) is 2.92.